The lowest BCUT2D eigenvalue weighted by Crippen LogP contribution is -2.22. The minimum Gasteiger partial charge on any atom is -0.457 e. The van der Waals surface area contributed by atoms with Crippen LogP contribution in [0, 0.1) is 0 Å². The van der Waals surface area contributed by atoms with Gasteiger partial charge in [0.05, 0.1) is 33.0 Å². The van der Waals surface area contributed by atoms with Crippen LogP contribution in [-0.2, 0) is 19.0 Å². The first-order valence-electron chi connectivity index (χ1n) is 6.11. The number of hydrogen-bond donors (Lipinski definition) is 1. The van der Waals surface area contributed by atoms with Gasteiger partial charge in [-0.2, -0.15) is 0 Å². The first-order valence-corrected chi connectivity index (χ1v) is 6.11. The lowest BCUT2D eigenvalue weighted by Gasteiger charge is -2.17. The van der Waals surface area contributed by atoms with E-state index in [-0.39, 0.29) is 12.6 Å². The van der Waals surface area contributed by atoms with Crippen molar-refractivity contribution in [1.82, 2.24) is 0 Å². The second kappa shape index (κ2) is 10.1. The molecule has 1 N–H and O–H groups in total. The first kappa shape index (κ1) is 17.1. The molecule has 0 heterocycles. The van der Waals surface area contributed by atoms with Gasteiger partial charge in [0, 0.05) is 6.08 Å². The fourth-order valence-electron chi connectivity index (χ4n) is 1.05. The van der Waals surface area contributed by atoms with Gasteiger partial charge in [0.2, 0.25) is 0 Å². The van der Waals surface area contributed by atoms with Gasteiger partial charge < -0.3 is 19.3 Å². The molecule has 0 fully saturated rings. The molecule has 18 heavy (non-hydrogen) atoms. The fraction of sp³-hybridized carbons (Fsp3) is 0.769. The lowest BCUT2D eigenvalue weighted by atomic mass is 10.2. The predicted molar refractivity (Wildman–Crippen MR) is 68.3 cm³/mol. The molecule has 0 aromatic rings. The molecule has 0 amide bonds. The molecule has 0 aliphatic heterocycles. The highest BCUT2D eigenvalue weighted by Gasteiger charge is 2.13. The van der Waals surface area contributed by atoms with E-state index in [1.165, 1.54) is 6.08 Å². The summed E-state index contributed by atoms with van der Waals surface area (Å²) in [5.41, 5.74) is -0.456. The molecule has 0 unspecified atom stereocenters. The Hall–Kier alpha value is -0.910. The van der Waals surface area contributed by atoms with Crippen LogP contribution >= 0.6 is 0 Å². The molecule has 5 nitrogen and oxygen atoms in total. The molecule has 0 aliphatic rings. The number of carbonyl (C=O) groups excluding carboxylic acids is 1. The van der Waals surface area contributed by atoms with Gasteiger partial charge in [-0.05, 0) is 27.2 Å². The summed E-state index contributed by atoms with van der Waals surface area (Å²) in [6.45, 7) is 7.33. The zero-order chi connectivity index (χ0) is 13.9. The van der Waals surface area contributed by atoms with E-state index >= 15 is 0 Å². The quantitative estimate of drug-likeness (QED) is 0.384. The Bertz CT molecular complexity index is 242. The Kier molecular flexibility index (Phi) is 9.55. The van der Waals surface area contributed by atoms with Crippen LogP contribution in [-0.4, -0.2) is 49.7 Å². The van der Waals surface area contributed by atoms with Crippen LogP contribution in [0.2, 0.25) is 0 Å². The van der Waals surface area contributed by atoms with Crippen molar-refractivity contribution in [2.24, 2.45) is 0 Å². The summed E-state index contributed by atoms with van der Waals surface area (Å²) in [6, 6.07) is 0. The smallest absolute Gasteiger partial charge is 0.330 e. The van der Waals surface area contributed by atoms with E-state index in [2.05, 4.69) is 0 Å². The van der Waals surface area contributed by atoms with Crippen molar-refractivity contribution in [3.63, 3.8) is 0 Å². The normalized spacial score (nSPS) is 12.0. The van der Waals surface area contributed by atoms with E-state index in [0.717, 1.165) is 0 Å². The Balaban J connectivity index is 3.40. The maximum atomic E-state index is 11.3. The summed E-state index contributed by atoms with van der Waals surface area (Å²) in [5, 5.41) is 8.45. The van der Waals surface area contributed by atoms with Gasteiger partial charge in [0.25, 0.3) is 0 Å². The van der Waals surface area contributed by atoms with Crippen LogP contribution in [0.15, 0.2) is 12.2 Å². The molecule has 0 aromatic carbocycles. The molecule has 0 saturated carbocycles. The summed E-state index contributed by atoms with van der Waals surface area (Å²) in [7, 11) is 0. The standard InChI is InChI=1S/C13H24O5/c1-13(2,3)18-12(15)6-4-5-8-16-10-11-17-9-7-14/h4,6,14H,5,7-11H2,1-3H3/b6-4+. The number of hydrogen-bond acceptors (Lipinski definition) is 5. The second-order valence-corrected chi connectivity index (χ2v) is 4.67. The van der Waals surface area contributed by atoms with Crippen LogP contribution in [0.5, 0.6) is 0 Å². The maximum Gasteiger partial charge on any atom is 0.330 e. The van der Waals surface area contributed by atoms with E-state index in [4.69, 9.17) is 19.3 Å². The van der Waals surface area contributed by atoms with Gasteiger partial charge in [0.1, 0.15) is 5.60 Å². The summed E-state index contributed by atoms with van der Waals surface area (Å²) in [6.07, 6.45) is 3.79. The van der Waals surface area contributed by atoms with Crippen molar-refractivity contribution in [1.29, 1.82) is 0 Å². The van der Waals surface area contributed by atoms with Gasteiger partial charge in [-0.15, -0.1) is 0 Å². The van der Waals surface area contributed by atoms with E-state index in [0.29, 0.717) is 32.8 Å². The number of carbonyl (C=O) groups is 1. The van der Waals surface area contributed by atoms with Crippen LogP contribution < -0.4 is 0 Å². The highest BCUT2D eigenvalue weighted by molar-refractivity contribution is 5.82. The topological polar surface area (TPSA) is 65.0 Å². The van der Waals surface area contributed by atoms with E-state index < -0.39 is 5.60 Å². The third kappa shape index (κ3) is 13.2. The molecule has 0 atom stereocenters. The van der Waals surface area contributed by atoms with Gasteiger partial charge in [0.15, 0.2) is 0 Å². The monoisotopic (exact) mass is 260 g/mol. The molecule has 5 heteroatoms. The first-order chi connectivity index (χ1) is 8.45. The van der Waals surface area contributed by atoms with Gasteiger partial charge in [-0.25, -0.2) is 4.79 Å². The van der Waals surface area contributed by atoms with E-state index in [1.54, 1.807) is 6.08 Å². The van der Waals surface area contributed by atoms with Crippen molar-refractivity contribution in [3.8, 4) is 0 Å². The average Bonchev–Trinajstić information content (AvgIpc) is 2.24. The zero-order valence-electron chi connectivity index (χ0n) is 11.5. The van der Waals surface area contributed by atoms with Crippen molar-refractivity contribution in [3.05, 3.63) is 12.2 Å². The Morgan fingerprint density at radius 2 is 1.72 bits per heavy atom. The Morgan fingerprint density at radius 3 is 2.28 bits per heavy atom. The van der Waals surface area contributed by atoms with Crippen molar-refractivity contribution >= 4 is 5.97 Å². The third-order valence-corrected chi connectivity index (χ3v) is 1.70. The molecule has 0 radical (unpaired) electrons. The number of aliphatic hydroxyl groups excluding tert-OH is 1. The maximum absolute atomic E-state index is 11.3. The zero-order valence-corrected chi connectivity index (χ0v) is 11.5. The number of rotatable bonds is 9. The number of aliphatic hydroxyl groups is 1. The summed E-state index contributed by atoms with van der Waals surface area (Å²) < 4.78 is 15.4. The highest BCUT2D eigenvalue weighted by atomic mass is 16.6. The van der Waals surface area contributed by atoms with Crippen LogP contribution in [0.3, 0.4) is 0 Å². The molecular weight excluding hydrogens is 236 g/mol. The third-order valence-electron chi connectivity index (χ3n) is 1.70. The summed E-state index contributed by atoms with van der Waals surface area (Å²) in [5.74, 6) is -0.339. The van der Waals surface area contributed by atoms with Gasteiger partial charge >= 0.3 is 5.97 Å². The molecule has 0 bridgehead atoms. The Morgan fingerprint density at radius 1 is 1.11 bits per heavy atom. The number of ether oxygens (including phenoxy) is 3. The van der Waals surface area contributed by atoms with Crippen molar-refractivity contribution in [2.45, 2.75) is 32.8 Å². The minimum atomic E-state index is -0.456. The van der Waals surface area contributed by atoms with Crippen molar-refractivity contribution in [2.75, 3.05) is 33.0 Å². The molecule has 0 aromatic heterocycles. The summed E-state index contributed by atoms with van der Waals surface area (Å²) >= 11 is 0. The summed E-state index contributed by atoms with van der Waals surface area (Å²) in [4.78, 5) is 11.3. The van der Waals surface area contributed by atoms with Crippen LogP contribution in [0.25, 0.3) is 0 Å². The largest absolute Gasteiger partial charge is 0.457 e. The SMILES string of the molecule is CC(C)(C)OC(=O)/C=C/CCOCCOCCO. The molecule has 0 saturated heterocycles. The molecule has 0 rings (SSSR count). The van der Waals surface area contributed by atoms with E-state index in [9.17, 15) is 4.79 Å². The fourth-order valence-corrected chi connectivity index (χ4v) is 1.05. The Labute approximate surface area is 109 Å². The average molecular weight is 260 g/mol. The molecule has 0 spiro atoms. The van der Waals surface area contributed by atoms with E-state index in [1.807, 2.05) is 20.8 Å². The molecule has 0 aliphatic carbocycles. The number of esters is 1. The molecular formula is C13H24O5. The second-order valence-electron chi connectivity index (χ2n) is 4.67. The molecule has 106 valence electrons. The van der Waals surface area contributed by atoms with Crippen LogP contribution in [0.1, 0.15) is 27.2 Å². The minimum absolute atomic E-state index is 0.0264. The van der Waals surface area contributed by atoms with Crippen LogP contribution in [0.4, 0.5) is 0 Å². The predicted octanol–water partition coefficient (Wildman–Crippen LogP) is 1.30. The van der Waals surface area contributed by atoms with Gasteiger partial charge in [-0.3, -0.25) is 0 Å². The highest BCUT2D eigenvalue weighted by Crippen LogP contribution is 2.07. The van der Waals surface area contributed by atoms with Gasteiger partial charge in [-0.1, -0.05) is 6.08 Å². The lowest BCUT2D eigenvalue weighted by molar-refractivity contribution is -0.148. The van der Waals surface area contributed by atoms with Crippen molar-refractivity contribution < 1.29 is 24.1 Å².